The smallest absolute Gasteiger partial charge is 0.265 e. The van der Waals surface area contributed by atoms with Crippen LogP contribution < -0.4 is 18.7 Å². The average molecular weight is 456 g/mol. The highest BCUT2D eigenvalue weighted by Crippen LogP contribution is 2.28. The van der Waals surface area contributed by atoms with Crippen LogP contribution >= 0.6 is 0 Å². The molecule has 32 heavy (non-hydrogen) atoms. The van der Waals surface area contributed by atoms with Crippen molar-refractivity contribution >= 4 is 21.5 Å². The molecule has 0 spiro atoms. The molecule has 0 amide bonds. The van der Waals surface area contributed by atoms with E-state index in [-0.39, 0.29) is 4.90 Å². The normalized spacial score (nSPS) is 11.1. The molecule has 2 aromatic carbocycles. The summed E-state index contributed by atoms with van der Waals surface area (Å²) in [6, 6.07) is 18.3. The fraction of sp³-hybridized carbons (Fsp3) is 0.292. The van der Waals surface area contributed by atoms with Crippen LogP contribution in [-0.2, 0) is 16.4 Å². The van der Waals surface area contributed by atoms with Crippen molar-refractivity contribution in [2.24, 2.45) is 0 Å². The molecule has 170 valence electrons. The predicted molar refractivity (Wildman–Crippen MR) is 127 cm³/mol. The van der Waals surface area contributed by atoms with Crippen molar-refractivity contribution in [3.05, 3.63) is 72.4 Å². The molecule has 0 atom stereocenters. The first-order chi connectivity index (χ1) is 15.4. The van der Waals surface area contributed by atoms with Crippen LogP contribution in [0.1, 0.15) is 12.5 Å². The number of aromatic nitrogens is 1. The van der Waals surface area contributed by atoms with Gasteiger partial charge in [-0.2, -0.15) is 0 Å². The van der Waals surface area contributed by atoms with E-state index < -0.39 is 10.0 Å². The Morgan fingerprint density at radius 2 is 1.66 bits per heavy atom. The van der Waals surface area contributed by atoms with Gasteiger partial charge in [-0.25, -0.2) is 13.4 Å². The summed E-state index contributed by atoms with van der Waals surface area (Å²) in [5.74, 6) is 2.09. The molecule has 3 aromatic rings. The maximum atomic E-state index is 13.1. The van der Waals surface area contributed by atoms with Crippen molar-refractivity contribution < 1.29 is 17.9 Å². The Kier molecular flexibility index (Phi) is 7.58. The maximum Gasteiger partial charge on any atom is 0.265 e. The van der Waals surface area contributed by atoms with Crippen LogP contribution in [-0.4, -0.2) is 47.8 Å². The molecule has 0 aliphatic heterocycles. The van der Waals surface area contributed by atoms with Gasteiger partial charge >= 0.3 is 0 Å². The minimum Gasteiger partial charge on any atom is -0.493 e. The summed E-state index contributed by atoms with van der Waals surface area (Å²) in [7, 11) is 1.47. The monoisotopic (exact) mass is 455 g/mol. The Morgan fingerprint density at radius 1 is 0.938 bits per heavy atom. The quantitative estimate of drug-likeness (QED) is 0.460. The van der Waals surface area contributed by atoms with E-state index >= 15 is 0 Å². The molecule has 0 aliphatic rings. The molecule has 0 radical (unpaired) electrons. The fourth-order valence-electron chi connectivity index (χ4n) is 3.41. The number of likely N-dealkylation sites (N-methyl/N-ethyl adjacent to an activating group) is 1. The van der Waals surface area contributed by atoms with Crippen molar-refractivity contribution in [1.82, 2.24) is 4.98 Å². The van der Waals surface area contributed by atoms with Crippen LogP contribution in [0.5, 0.6) is 11.5 Å². The lowest BCUT2D eigenvalue weighted by atomic mass is 10.1. The van der Waals surface area contributed by atoms with Crippen molar-refractivity contribution in [1.29, 1.82) is 0 Å². The van der Waals surface area contributed by atoms with Gasteiger partial charge in [0.05, 0.1) is 19.9 Å². The van der Waals surface area contributed by atoms with E-state index in [2.05, 4.69) is 4.98 Å². The van der Waals surface area contributed by atoms with Gasteiger partial charge in [-0.15, -0.1) is 0 Å². The van der Waals surface area contributed by atoms with E-state index in [0.717, 1.165) is 12.0 Å². The summed E-state index contributed by atoms with van der Waals surface area (Å²) in [4.78, 5) is 6.56. The van der Waals surface area contributed by atoms with Crippen molar-refractivity contribution in [3.63, 3.8) is 0 Å². The summed E-state index contributed by atoms with van der Waals surface area (Å²) < 4.78 is 38.3. The van der Waals surface area contributed by atoms with Gasteiger partial charge in [0.15, 0.2) is 11.5 Å². The van der Waals surface area contributed by atoms with Gasteiger partial charge in [-0.05, 0) is 55.3 Å². The summed E-state index contributed by atoms with van der Waals surface area (Å²) >= 11 is 0. The lowest BCUT2D eigenvalue weighted by Crippen LogP contribution is -2.31. The third kappa shape index (κ3) is 5.13. The zero-order valence-electron chi connectivity index (χ0n) is 18.9. The molecule has 1 aromatic heterocycles. The highest BCUT2D eigenvalue weighted by molar-refractivity contribution is 7.92. The molecule has 1 heterocycles. The van der Waals surface area contributed by atoms with Crippen molar-refractivity contribution in [2.45, 2.75) is 18.2 Å². The molecule has 0 saturated carbocycles. The summed E-state index contributed by atoms with van der Waals surface area (Å²) in [6.07, 6.45) is 2.19. The first-order valence-corrected chi connectivity index (χ1v) is 11.8. The van der Waals surface area contributed by atoms with Crippen LogP contribution in [0.4, 0.5) is 11.5 Å². The molecule has 8 heteroatoms. The van der Waals surface area contributed by atoms with Crippen LogP contribution in [0.2, 0.25) is 0 Å². The number of hydrogen-bond acceptors (Lipinski definition) is 6. The number of nitrogens with zero attached hydrogens (tertiary/aromatic N) is 3. The second kappa shape index (κ2) is 10.4. The van der Waals surface area contributed by atoms with Gasteiger partial charge in [0.25, 0.3) is 10.0 Å². The number of methoxy groups -OCH3 is 2. The van der Waals surface area contributed by atoms with Gasteiger partial charge in [-0.1, -0.05) is 24.3 Å². The standard InChI is InChI=1S/C24H29N3O4S/c1-5-27(20-9-7-6-8-10-20)32(28,29)21-12-14-24(25-18-21)26(2)16-15-19-11-13-22(30-3)23(17-19)31-4/h6-14,17-18H,5,15-16H2,1-4H3. The zero-order valence-corrected chi connectivity index (χ0v) is 19.7. The highest BCUT2D eigenvalue weighted by atomic mass is 32.2. The Balaban J connectivity index is 1.71. The van der Waals surface area contributed by atoms with Crippen LogP contribution in [0.3, 0.4) is 0 Å². The number of anilines is 2. The molecule has 7 nitrogen and oxygen atoms in total. The lowest BCUT2D eigenvalue weighted by Gasteiger charge is -2.23. The van der Waals surface area contributed by atoms with Crippen LogP contribution in [0.15, 0.2) is 71.8 Å². The Hall–Kier alpha value is -3.26. The van der Waals surface area contributed by atoms with E-state index in [4.69, 9.17) is 9.47 Å². The Morgan fingerprint density at radius 3 is 2.25 bits per heavy atom. The third-order valence-corrected chi connectivity index (χ3v) is 7.10. The first-order valence-electron chi connectivity index (χ1n) is 10.4. The first kappa shape index (κ1) is 23.4. The maximum absolute atomic E-state index is 13.1. The molecule has 3 rings (SSSR count). The predicted octanol–water partition coefficient (Wildman–Crippen LogP) is 3.99. The Bertz CT molecular complexity index is 1120. The third-order valence-electron chi connectivity index (χ3n) is 5.22. The number of pyridine rings is 1. The van der Waals surface area contributed by atoms with Gasteiger partial charge < -0.3 is 14.4 Å². The van der Waals surface area contributed by atoms with Gasteiger partial charge in [0, 0.05) is 26.3 Å². The molecule has 0 saturated heterocycles. The minimum absolute atomic E-state index is 0.167. The summed E-state index contributed by atoms with van der Waals surface area (Å²) in [5, 5.41) is 0. The zero-order chi connectivity index (χ0) is 23.1. The second-order valence-corrected chi connectivity index (χ2v) is 9.08. The number of hydrogen-bond donors (Lipinski definition) is 0. The molecule has 0 unspecified atom stereocenters. The summed E-state index contributed by atoms with van der Waals surface area (Å²) in [5.41, 5.74) is 1.74. The van der Waals surface area contributed by atoms with Gasteiger partial charge in [-0.3, -0.25) is 4.31 Å². The number of rotatable bonds is 10. The molecule has 0 aliphatic carbocycles. The number of ether oxygens (including phenoxy) is 2. The van der Waals surface area contributed by atoms with E-state index in [9.17, 15) is 8.42 Å². The molecule has 0 bridgehead atoms. The summed E-state index contributed by atoms with van der Waals surface area (Å²) in [6.45, 7) is 2.85. The largest absolute Gasteiger partial charge is 0.493 e. The Labute approximate surface area is 190 Å². The SMILES string of the molecule is CCN(c1ccccc1)S(=O)(=O)c1ccc(N(C)CCc2ccc(OC)c(OC)c2)nc1. The molecule has 0 fully saturated rings. The van der Waals surface area contributed by atoms with Crippen LogP contribution in [0.25, 0.3) is 0 Å². The van der Waals surface area contributed by atoms with Crippen LogP contribution in [0, 0.1) is 0 Å². The minimum atomic E-state index is -3.69. The highest BCUT2D eigenvalue weighted by Gasteiger charge is 2.24. The van der Waals surface area contributed by atoms with E-state index in [1.54, 1.807) is 38.5 Å². The van der Waals surface area contributed by atoms with Crippen molar-refractivity contribution in [3.8, 4) is 11.5 Å². The molecule has 0 N–H and O–H groups in total. The average Bonchev–Trinajstić information content (AvgIpc) is 2.83. The lowest BCUT2D eigenvalue weighted by molar-refractivity contribution is 0.354. The fourth-order valence-corrected chi connectivity index (χ4v) is 4.83. The van der Waals surface area contributed by atoms with E-state index in [1.807, 2.05) is 55.3 Å². The van der Waals surface area contributed by atoms with Gasteiger partial charge in [0.2, 0.25) is 0 Å². The van der Waals surface area contributed by atoms with Gasteiger partial charge in [0.1, 0.15) is 10.7 Å². The number of benzene rings is 2. The van der Waals surface area contributed by atoms with Crippen molar-refractivity contribution in [2.75, 3.05) is 43.6 Å². The molecular weight excluding hydrogens is 426 g/mol. The number of sulfonamides is 1. The van der Waals surface area contributed by atoms with E-state index in [1.165, 1.54) is 10.5 Å². The second-order valence-electron chi connectivity index (χ2n) is 7.22. The molecular formula is C24H29N3O4S. The van der Waals surface area contributed by atoms with E-state index in [0.29, 0.717) is 36.1 Å². The topological polar surface area (TPSA) is 72.0 Å². The number of para-hydroxylation sites is 1.